The molecule has 3 rings (SSSR count). The molecule has 0 amide bonds. The second kappa shape index (κ2) is 6.48. The zero-order valence-corrected chi connectivity index (χ0v) is 13.0. The van der Waals surface area contributed by atoms with Gasteiger partial charge in [0.15, 0.2) is 11.6 Å². The Balaban J connectivity index is 1.65. The van der Waals surface area contributed by atoms with Crippen LogP contribution in [0.4, 0.5) is 11.6 Å². The number of hydrogen-bond acceptors (Lipinski definition) is 6. The molecule has 0 aliphatic carbocycles. The molecule has 22 heavy (non-hydrogen) atoms. The Labute approximate surface area is 130 Å². The summed E-state index contributed by atoms with van der Waals surface area (Å²) in [4.78, 5) is 17.7. The highest BCUT2D eigenvalue weighted by Gasteiger charge is 2.26. The van der Waals surface area contributed by atoms with Gasteiger partial charge in [-0.05, 0) is 32.0 Å². The lowest BCUT2D eigenvalue weighted by Gasteiger charge is -2.34. The van der Waals surface area contributed by atoms with E-state index in [4.69, 9.17) is 5.11 Å². The quantitative estimate of drug-likeness (QED) is 0.873. The van der Waals surface area contributed by atoms with Gasteiger partial charge in [0.1, 0.15) is 0 Å². The van der Waals surface area contributed by atoms with Gasteiger partial charge in [0.2, 0.25) is 0 Å². The van der Waals surface area contributed by atoms with Crippen molar-refractivity contribution in [2.45, 2.75) is 12.8 Å². The topological polar surface area (TPSA) is 72.8 Å². The van der Waals surface area contributed by atoms with E-state index in [1.165, 1.54) is 0 Å². The molecule has 0 saturated carbocycles. The van der Waals surface area contributed by atoms with Crippen molar-refractivity contribution < 1.29 is 9.90 Å². The molecule has 7 heteroatoms. The molecule has 0 spiro atoms. The predicted molar refractivity (Wildman–Crippen MR) is 84.3 cm³/mol. The molecule has 3 heterocycles. The van der Waals surface area contributed by atoms with Crippen LogP contribution in [-0.4, -0.2) is 72.5 Å². The summed E-state index contributed by atoms with van der Waals surface area (Å²) >= 11 is 0. The average molecular weight is 305 g/mol. The lowest BCUT2D eigenvalue weighted by Crippen LogP contribution is -2.45. The van der Waals surface area contributed by atoms with Crippen LogP contribution in [0.25, 0.3) is 0 Å². The number of likely N-dealkylation sites (N-methyl/N-ethyl adjacent to an activating group) is 1. The Bertz CT molecular complexity index is 513. The number of carboxylic acids is 1. The number of piperazine rings is 1. The molecule has 2 aliphatic heterocycles. The molecular weight excluding hydrogens is 282 g/mol. The van der Waals surface area contributed by atoms with Gasteiger partial charge in [-0.1, -0.05) is 0 Å². The summed E-state index contributed by atoms with van der Waals surface area (Å²) in [5.41, 5.74) is 0. The number of hydrogen-bond donors (Lipinski definition) is 1. The van der Waals surface area contributed by atoms with Crippen molar-refractivity contribution in [3.63, 3.8) is 0 Å². The maximum Gasteiger partial charge on any atom is 0.308 e. The van der Waals surface area contributed by atoms with Crippen molar-refractivity contribution in [3.05, 3.63) is 12.1 Å². The van der Waals surface area contributed by atoms with Crippen LogP contribution < -0.4 is 9.80 Å². The largest absolute Gasteiger partial charge is 0.481 e. The first-order valence-corrected chi connectivity index (χ1v) is 7.88. The zero-order valence-electron chi connectivity index (χ0n) is 13.0. The number of nitrogens with zero attached hydrogens (tertiary/aromatic N) is 5. The highest BCUT2D eigenvalue weighted by atomic mass is 16.4. The highest BCUT2D eigenvalue weighted by molar-refractivity contribution is 5.71. The van der Waals surface area contributed by atoms with Crippen LogP contribution in [0.5, 0.6) is 0 Å². The van der Waals surface area contributed by atoms with Gasteiger partial charge < -0.3 is 19.8 Å². The molecule has 0 aromatic carbocycles. The third-order valence-corrected chi connectivity index (χ3v) is 4.56. The van der Waals surface area contributed by atoms with E-state index in [9.17, 15) is 4.79 Å². The van der Waals surface area contributed by atoms with Gasteiger partial charge in [0.05, 0.1) is 5.92 Å². The number of carbonyl (C=O) groups is 1. The molecule has 2 fully saturated rings. The monoisotopic (exact) mass is 305 g/mol. The molecule has 7 nitrogen and oxygen atoms in total. The van der Waals surface area contributed by atoms with Crippen LogP contribution in [0, 0.1) is 5.92 Å². The van der Waals surface area contributed by atoms with Gasteiger partial charge in [0, 0.05) is 39.3 Å². The number of rotatable bonds is 3. The van der Waals surface area contributed by atoms with Crippen LogP contribution in [0.15, 0.2) is 12.1 Å². The van der Waals surface area contributed by atoms with E-state index in [-0.39, 0.29) is 5.92 Å². The lowest BCUT2D eigenvalue weighted by molar-refractivity contribution is -0.141. The average Bonchev–Trinajstić information content (AvgIpc) is 2.56. The normalized spacial score (nSPS) is 23.6. The van der Waals surface area contributed by atoms with Crippen LogP contribution in [0.1, 0.15) is 12.8 Å². The Morgan fingerprint density at radius 1 is 1.09 bits per heavy atom. The van der Waals surface area contributed by atoms with Crippen molar-refractivity contribution in [2.75, 3.05) is 56.1 Å². The number of anilines is 2. The third kappa shape index (κ3) is 3.30. The van der Waals surface area contributed by atoms with Crippen molar-refractivity contribution in [3.8, 4) is 0 Å². The van der Waals surface area contributed by atoms with Gasteiger partial charge >= 0.3 is 5.97 Å². The Morgan fingerprint density at radius 2 is 1.73 bits per heavy atom. The van der Waals surface area contributed by atoms with Crippen LogP contribution in [0.2, 0.25) is 0 Å². The van der Waals surface area contributed by atoms with Gasteiger partial charge in [-0.25, -0.2) is 0 Å². The zero-order chi connectivity index (χ0) is 15.5. The summed E-state index contributed by atoms with van der Waals surface area (Å²) in [5, 5.41) is 17.8. The van der Waals surface area contributed by atoms with E-state index in [2.05, 4.69) is 27.0 Å². The SMILES string of the molecule is CN1CCN(c2ccc(N3CCCC(C(=O)O)C3)nn2)CC1. The van der Waals surface area contributed by atoms with Crippen LogP contribution >= 0.6 is 0 Å². The van der Waals surface area contributed by atoms with Crippen molar-refractivity contribution in [1.82, 2.24) is 15.1 Å². The van der Waals surface area contributed by atoms with E-state index in [0.29, 0.717) is 6.54 Å². The third-order valence-electron chi connectivity index (χ3n) is 4.56. The highest BCUT2D eigenvalue weighted by Crippen LogP contribution is 2.22. The molecule has 1 atom stereocenters. The number of aromatic nitrogens is 2. The van der Waals surface area contributed by atoms with Gasteiger partial charge in [-0.2, -0.15) is 0 Å². The second-order valence-corrected chi connectivity index (χ2v) is 6.16. The van der Waals surface area contributed by atoms with E-state index >= 15 is 0 Å². The van der Waals surface area contributed by atoms with Gasteiger partial charge in [0.25, 0.3) is 0 Å². The Morgan fingerprint density at radius 3 is 2.32 bits per heavy atom. The van der Waals surface area contributed by atoms with E-state index in [1.54, 1.807) is 0 Å². The fraction of sp³-hybridized carbons (Fsp3) is 0.667. The molecule has 1 aromatic heterocycles. The van der Waals surface area contributed by atoms with Crippen LogP contribution in [0.3, 0.4) is 0 Å². The van der Waals surface area contributed by atoms with Crippen molar-refractivity contribution >= 4 is 17.6 Å². The summed E-state index contributed by atoms with van der Waals surface area (Å²) in [7, 11) is 2.13. The maximum atomic E-state index is 11.1. The van der Waals surface area contributed by atoms with Gasteiger partial charge in [-0.15, -0.1) is 10.2 Å². The minimum Gasteiger partial charge on any atom is -0.481 e. The molecule has 0 radical (unpaired) electrons. The molecule has 2 aliphatic rings. The van der Waals surface area contributed by atoms with Crippen molar-refractivity contribution in [1.29, 1.82) is 0 Å². The smallest absolute Gasteiger partial charge is 0.308 e. The molecule has 0 bridgehead atoms. The molecule has 1 aromatic rings. The first-order valence-electron chi connectivity index (χ1n) is 7.88. The number of piperidine rings is 1. The number of aliphatic carboxylic acids is 1. The second-order valence-electron chi connectivity index (χ2n) is 6.16. The Hall–Kier alpha value is -1.89. The lowest BCUT2D eigenvalue weighted by atomic mass is 9.98. The standard InChI is InChI=1S/C15H23N5O2/c1-18-7-9-19(10-8-18)13-4-5-14(17-16-13)20-6-2-3-12(11-20)15(21)22/h4-5,12H,2-3,6-11H2,1H3,(H,21,22). The minimum absolute atomic E-state index is 0.298. The summed E-state index contributed by atoms with van der Waals surface area (Å²) < 4.78 is 0. The van der Waals surface area contributed by atoms with E-state index < -0.39 is 5.97 Å². The van der Waals surface area contributed by atoms with E-state index in [1.807, 2.05) is 17.0 Å². The summed E-state index contributed by atoms with van der Waals surface area (Å²) in [6.45, 7) is 5.39. The molecule has 2 saturated heterocycles. The fourth-order valence-electron chi connectivity index (χ4n) is 3.08. The number of carboxylic acid groups (broad SMARTS) is 1. The first kappa shape index (κ1) is 15.0. The first-order chi connectivity index (χ1) is 10.6. The maximum absolute atomic E-state index is 11.1. The molecule has 120 valence electrons. The molecule has 1 unspecified atom stereocenters. The Kier molecular flexibility index (Phi) is 4.42. The summed E-state index contributed by atoms with van der Waals surface area (Å²) in [6, 6.07) is 3.96. The molecular formula is C15H23N5O2. The predicted octanol–water partition coefficient (Wildman–Crippen LogP) is 0.529. The summed E-state index contributed by atoms with van der Waals surface area (Å²) in [5.74, 6) is 0.673. The van der Waals surface area contributed by atoms with Crippen LogP contribution in [-0.2, 0) is 4.79 Å². The molecule has 1 N–H and O–H groups in total. The van der Waals surface area contributed by atoms with Gasteiger partial charge in [-0.3, -0.25) is 4.79 Å². The van der Waals surface area contributed by atoms with E-state index in [0.717, 1.165) is 57.2 Å². The minimum atomic E-state index is -0.716. The fourth-order valence-corrected chi connectivity index (χ4v) is 3.08. The summed E-state index contributed by atoms with van der Waals surface area (Å²) in [6.07, 6.45) is 1.64. The van der Waals surface area contributed by atoms with Crippen molar-refractivity contribution in [2.24, 2.45) is 5.92 Å².